The Morgan fingerprint density at radius 2 is 1.25 bits per heavy atom. The Bertz CT molecular complexity index is 3260. The third-order valence-corrected chi connectivity index (χ3v) is 14.8. The van der Waals surface area contributed by atoms with E-state index in [9.17, 15) is 0 Å². The van der Waals surface area contributed by atoms with E-state index in [1.165, 1.54) is 115 Å². The predicted octanol–water partition coefficient (Wildman–Crippen LogP) is 14.3. The zero-order valence-corrected chi connectivity index (χ0v) is 35.8. The van der Waals surface area contributed by atoms with Gasteiger partial charge in [-0.15, -0.1) is 11.3 Å². The maximum absolute atomic E-state index is 2.72. The molecule has 3 aliphatic rings. The van der Waals surface area contributed by atoms with Gasteiger partial charge in [0.2, 0.25) is 0 Å². The molecule has 12 rings (SSSR count). The van der Waals surface area contributed by atoms with Crippen LogP contribution in [-0.4, -0.2) is 6.85 Å². The van der Waals surface area contributed by atoms with Crippen LogP contribution in [-0.2, 0) is 10.8 Å². The Balaban J connectivity index is 1.27. The molecule has 8 aromatic carbocycles. The molecular formula is C56H45BN2S. The summed E-state index contributed by atoms with van der Waals surface area (Å²) in [6.45, 7) is 14.0. The fourth-order valence-corrected chi connectivity index (χ4v) is 11.8. The summed E-state index contributed by atoms with van der Waals surface area (Å²) in [4.78, 5) is 5.36. The van der Waals surface area contributed by atoms with Crippen LogP contribution >= 0.6 is 11.3 Å². The first-order valence-electron chi connectivity index (χ1n) is 21.3. The lowest BCUT2D eigenvalue weighted by atomic mass is 9.42. The molecule has 60 heavy (non-hydrogen) atoms. The fraction of sp³-hybridized carbons (Fsp3) is 0.143. The highest BCUT2D eigenvalue weighted by Gasteiger charge is 2.50. The third-order valence-electron chi connectivity index (χ3n) is 13.7. The van der Waals surface area contributed by atoms with Crippen LogP contribution in [0.5, 0.6) is 0 Å². The largest absolute Gasteiger partial charge is 0.376 e. The van der Waals surface area contributed by atoms with Crippen molar-refractivity contribution in [3.05, 3.63) is 186 Å². The van der Waals surface area contributed by atoms with E-state index in [0.29, 0.717) is 0 Å². The van der Waals surface area contributed by atoms with Crippen LogP contribution < -0.4 is 20.6 Å². The van der Waals surface area contributed by atoms with Gasteiger partial charge in [-0.2, -0.15) is 0 Å². The number of anilines is 5. The molecule has 9 aromatic rings. The Hall–Kier alpha value is -6.36. The summed E-state index contributed by atoms with van der Waals surface area (Å²) in [5, 5.41) is 2.65. The van der Waals surface area contributed by atoms with Crippen molar-refractivity contribution in [1.82, 2.24) is 0 Å². The second kappa shape index (κ2) is 12.6. The van der Waals surface area contributed by atoms with Gasteiger partial charge in [-0.1, -0.05) is 156 Å². The quantitative estimate of drug-likeness (QED) is 0.165. The molecule has 0 N–H and O–H groups in total. The van der Waals surface area contributed by atoms with Crippen LogP contribution in [0.1, 0.15) is 56.9 Å². The van der Waals surface area contributed by atoms with E-state index in [0.717, 1.165) is 0 Å². The highest BCUT2D eigenvalue weighted by molar-refractivity contribution is 7.26. The van der Waals surface area contributed by atoms with Gasteiger partial charge >= 0.3 is 6.85 Å². The van der Waals surface area contributed by atoms with Crippen molar-refractivity contribution < 1.29 is 0 Å². The van der Waals surface area contributed by atoms with Gasteiger partial charge in [0.25, 0.3) is 0 Å². The molecule has 0 amide bonds. The smallest absolute Gasteiger partial charge is 0.333 e. The maximum Gasteiger partial charge on any atom is 0.333 e. The number of hydrogen-bond acceptors (Lipinski definition) is 3. The summed E-state index contributed by atoms with van der Waals surface area (Å²) in [5.41, 5.74) is 21.7. The fourth-order valence-electron chi connectivity index (χ4n) is 10.7. The second-order valence-corrected chi connectivity index (χ2v) is 19.7. The van der Waals surface area contributed by atoms with E-state index < -0.39 is 0 Å². The Labute approximate surface area is 357 Å². The topological polar surface area (TPSA) is 6.48 Å². The predicted molar refractivity (Wildman–Crippen MR) is 259 cm³/mol. The molecule has 0 aliphatic carbocycles. The summed E-state index contributed by atoms with van der Waals surface area (Å²) < 4.78 is 2.63. The molecule has 0 bridgehead atoms. The van der Waals surface area contributed by atoms with E-state index in [1.54, 1.807) is 0 Å². The standard InChI is InChI=1S/C56H45BN2S/c1-34-17-10-11-20-38(34)36-29-43-40-22-16-24-45-54(40)59(48-25-14-13-23-44(48)56(45,5)6)57-46-32-42-39-21-12-15-26-51(39)60-52(42)33-49(46)58(50(30-36)53(43)57)47-28-27-37(55(2,3)4)31-41(47)35-18-8-7-9-19-35/h7-33H,1-6H3. The van der Waals surface area contributed by atoms with Crippen molar-refractivity contribution >= 4 is 77.7 Å². The van der Waals surface area contributed by atoms with Crippen molar-refractivity contribution in [1.29, 1.82) is 0 Å². The molecule has 3 aliphatic heterocycles. The maximum atomic E-state index is 2.72. The van der Waals surface area contributed by atoms with Crippen molar-refractivity contribution in [2.45, 2.75) is 52.4 Å². The lowest BCUT2D eigenvalue weighted by Crippen LogP contribution is -2.63. The zero-order valence-electron chi connectivity index (χ0n) is 35.0. The minimum Gasteiger partial charge on any atom is -0.376 e. The van der Waals surface area contributed by atoms with Crippen molar-refractivity contribution in [2.24, 2.45) is 0 Å². The van der Waals surface area contributed by atoms with Crippen molar-refractivity contribution in [3.8, 4) is 33.4 Å². The van der Waals surface area contributed by atoms with Crippen LogP contribution in [0.15, 0.2) is 164 Å². The minimum atomic E-state index is -0.178. The summed E-state index contributed by atoms with van der Waals surface area (Å²) in [6, 6.07) is 62.4. The van der Waals surface area contributed by atoms with Gasteiger partial charge in [0.1, 0.15) is 0 Å². The van der Waals surface area contributed by atoms with Gasteiger partial charge in [-0.05, 0) is 110 Å². The van der Waals surface area contributed by atoms with Gasteiger partial charge in [-0.3, -0.25) is 0 Å². The van der Waals surface area contributed by atoms with Crippen LogP contribution in [0.2, 0.25) is 0 Å². The average molecular weight is 789 g/mol. The van der Waals surface area contributed by atoms with Crippen molar-refractivity contribution in [2.75, 3.05) is 9.71 Å². The second-order valence-electron chi connectivity index (χ2n) is 18.6. The summed E-state index contributed by atoms with van der Waals surface area (Å²) in [6.07, 6.45) is 0. The first-order valence-corrected chi connectivity index (χ1v) is 22.1. The molecule has 0 fully saturated rings. The molecule has 4 heterocycles. The number of hydrogen-bond donors (Lipinski definition) is 0. The molecule has 0 saturated heterocycles. The first kappa shape index (κ1) is 35.6. The first-order chi connectivity index (χ1) is 29.1. The van der Waals surface area contributed by atoms with E-state index in [-0.39, 0.29) is 17.7 Å². The number of para-hydroxylation sites is 2. The number of benzene rings is 8. The summed E-state index contributed by atoms with van der Waals surface area (Å²) >= 11 is 1.90. The molecule has 0 unspecified atom stereocenters. The Kier molecular flexibility index (Phi) is 7.46. The van der Waals surface area contributed by atoms with Gasteiger partial charge in [0.15, 0.2) is 0 Å². The van der Waals surface area contributed by atoms with Gasteiger partial charge in [0.05, 0.1) is 5.69 Å². The number of thiophene rings is 1. The van der Waals surface area contributed by atoms with E-state index in [2.05, 4.69) is 215 Å². The van der Waals surface area contributed by atoms with Crippen LogP contribution in [0, 0.1) is 6.92 Å². The molecule has 0 atom stereocenters. The highest BCUT2D eigenvalue weighted by Crippen LogP contribution is 2.57. The lowest BCUT2D eigenvalue weighted by Gasteiger charge is -2.51. The molecule has 2 nitrogen and oxygen atoms in total. The Morgan fingerprint density at radius 3 is 2.08 bits per heavy atom. The van der Waals surface area contributed by atoms with E-state index in [4.69, 9.17) is 0 Å². The number of aryl methyl sites for hydroxylation is 1. The third kappa shape index (κ3) is 4.95. The number of rotatable bonds is 3. The molecule has 0 saturated carbocycles. The molecule has 0 radical (unpaired) electrons. The molecule has 1 aromatic heterocycles. The molecule has 0 spiro atoms. The average Bonchev–Trinajstić information content (AvgIpc) is 3.62. The molecule has 288 valence electrons. The van der Waals surface area contributed by atoms with Gasteiger partial charge < -0.3 is 9.71 Å². The summed E-state index contributed by atoms with van der Waals surface area (Å²) in [7, 11) is 0. The SMILES string of the molecule is Cc1ccccc1-c1cc2c3c(c1)N(c1ccc(C(C)(C)C)cc1-c1ccccc1)c1cc4sc5ccccc5c4cc1B3N1c3ccccc3C(C)(C)c3cccc-2c31. The molecule has 4 heteroatoms. The van der Waals surface area contributed by atoms with Crippen LogP contribution in [0.3, 0.4) is 0 Å². The van der Waals surface area contributed by atoms with E-state index >= 15 is 0 Å². The van der Waals surface area contributed by atoms with Gasteiger partial charge in [0, 0.05) is 59.5 Å². The van der Waals surface area contributed by atoms with Crippen LogP contribution in [0.25, 0.3) is 53.6 Å². The lowest BCUT2D eigenvalue weighted by molar-refractivity contribution is 0.590. The Morgan fingerprint density at radius 1 is 0.517 bits per heavy atom. The minimum absolute atomic E-state index is 0.0169. The van der Waals surface area contributed by atoms with Crippen LogP contribution in [0.4, 0.5) is 28.4 Å². The monoisotopic (exact) mass is 788 g/mol. The number of nitrogens with zero attached hydrogens (tertiary/aromatic N) is 2. The summed E-state index contributed by atoms with van der Waals surface area (Å²) in [5.74, 6) is 0. The highest BCUT2D eigenvalue weighted by atomic mass is 32.1. The van der Waals surface area contributed by atoms with E-state index in [1.807, 2.05) is 11.3 Å². The normalized spacial score (nSPS) is 14.5. The number of fused-ring (bicyclic) bond motifs is 9. The van der Waals surface area contributed by atoms with Gasteiger partial charge in [-0.25, -0.2) is 0 Å². The van der Waals surface area contributed by atoms with Crippen molar-refractivity contribution in [3.63, 3.8) is 0 Å². The molecular weight excluding hydrogens is 744 g/mol. The zero-order chi connectivity index (χ0) is 40.7.